The van der Waals surface area contributed by atoms with E-state index < -0.39 is 11.8 Å². The van der Waals surface area contributed by atoms with Gasteiger partial charge in [-0.2, -0.15) is 5.10 Å². The summed E-state index contributed by atoms with van der Waals surface area (Å²) in [6.07, 6.45) is 2.38. The lowest BCUT2D eigenvalue weighted by atomic mass is 9.73. The van der Waals surface area contributed by atoms with Crippen LogP contribution in [-0.4, -0.2) is 39.4 Å². The molecule has 0 saturated carbocycles. The summed E-state index contributed by atoms with van der Waals surface area (Å²) < 4.78 is 38.5. The first-order chi connectivity index (χ1) is 13.5. The Bertz CT molecular complexity index is 894. The Balaban J connectivity index is 1.45. The van der Waals surface area contributed by atoms with Gasteiger partial charge in [0.1, 0.15) is 0 Å². The van der Waals surface area contributed by atoms with Gasteiger partial charge in [0, 0.05) is 33.8 Å². The summed E-state index contributed by atoms with van der Waals surface area (Å²) in [5, 5.41) is 7.13. The van der Waals surface area contributed by atoms with Crippen molar-refractivity contribution in [1.82, 2.24) is 14.7 Å². The zero-order valence-electron chi connectivity index (χ0n) is 15.2. The zero-order valence-corrected chi connectivity index (χ0v) is 16.1. The number of amides is 1. The molecule has 0 unspecified atom stereocenters. The minimum absolute atomic E-state index is 0.0410. The summed E-state index contributed by atoms with van der Waals surface area (Å²) in [4.78, 5) is 14.9. The highest BCUT2D eigenvalue weighted by atomic mass is 32.1. The van der Waals surface area contributed by atoms with Crippen LogP contribution < -0.4 is 5.32 Å². The maximum atomic E-state index is 13.1. The molecule has 28 heavy (non-hydrogen) atoms. The number of alkyl halides is 2. The van der Waals surface area contributed by atoms with Crippen LogP contribution in [-0.2, 0) is 39.2 Å². The molecule has 4 rings (SSSR count). The molecule has 2 aliphatic heterocycles. The smallest absolute Gasteiger partial charge is 0.325 e. The fourth-order valence-electron chi connectivity index (χ4n) is 4.16. The molecule has 1 fully saturated rings. The van der Waals surface area contributed by atoms with Gasteiger partial charge in [-0.25, -0.2) is 8.78 Å². The monoisotopic (exact) mass is 407 g/mol. The van der Waals surface area contributed by atoms with E-state index in [1.165, 1.54) is 12.1 Å². The summed E-state index contributed by atoms with van der Waals surface area (Å²) >= 11 is 0.543. The lowest BCUT2D eigenvalue weighted by Crippen LogP contribution is -2.46. The van der Waals surface area contributed by atoms with E-state index in [1.54, 1.807) is 16.9 Å². The summed E-state index contributed by atoms with van der Waals surface area (Å²) in [6, 6.07) is 4.46. The average Bonchev–Trinajstić information content (AvgIpc) is 3.24. The molecule has 0 bridgehead atoms. The lowest BCUT2D eigenvalue weighted by molar-refractivity contribution is -0.122. The van der Waals surface area contributed by atoms with Crippen LogP contribution in [0, 0.1) is 0 Å². The van der Waals surface area contributed by atoms with Crippen LogP contribution in [0.1, 0.15) is 36.0 Å². The maximum absolute atomic E-state index is 13.1. The molecule has 2 aliphatic rings. The highest BCUT2D eigenvalue weighted by molar-refractivity contribution is 7.65. The zero-order chi connectivity index (χ0) is 19.7. The molecule has 0 aliphatic carbocycles. The van der Waals surface area contributed by atoms with Crippen molar-refractivity contribution in [3.8, 4) is 0 Å². The van der Waals surface area contributed by atoms with Crippen molar-refractivity contribution in [3.63, 3.8) is 0 Å². The Kier molecular flexibility index (Phi) is 5.20. The Morgan fingerprint density at radius 3 is 2.79 bits per heavy atom. The molecule has 0 atom stereocenters. The number of likely N-dealkylation sites (tertiary alicyclic amines) is 1. The number of anilines is 1. The molecule has 1 amide bonds. The number of piperidine rings is 1. The van der Waals surface area contributed by atoms with Gasteiger partial charge in [-0.15, -0.1) is 0 Å². The number of hydrogen-bond acceptors (Lipinski definition) is 4. The van der Waals surface area contributed by atoms with Crippen LogP contribution in [0.4, 0.5) is 14.5 Å². The van der Waals surface area contributed by atoms with Crippen molar-refractivity contribution in [3.05, 3.63) is 47.3 Å². The van der Waals surface area contributed by atoms with E-state index in [0.29, 0.717) is 67.7 Å². The van der Waals surface area contributed by atoms with Crippen LogP contribution in [0.2, 0.25) is 0 Å². The molecule has 1 aromatic carbocycles. The van der Waals surface area contributed by atoms with E-state index in [4.69, 9.17) is 0 Å². The van der Waals surface area contributed by atoms with Gasteiger partial charge in [0.2, 0.25) is 11.7 Å². The van der Waals surface area contributed by atoms with Gasteiger partial charge in [0.15, 0.2) is 0 Å². The van der Waals surface area contributed by atoms with E-state index in [0.717, 1.165) is 5.56 Å². The number of carbonyl (C=O) groups is 1. The molecular weight excluding hydrogens is 386 g/mol. The number of fused-ring (bicyclic) bond motifs is 2. The Morgan fingerprint density at radius 2 is 2.07 bits per heavy atom. The third-order valence-corrected chi connectivity index (χ3v) is 6.05. The van der Waals surface area contributed by atoms with E-state index in [2.05, 4.69) is 15.3 Å². The number of rotatable bonds is 6. The van der Waals surface area contributed by atoms with E-state index in [-0.39, 0.29) is 11.5 Å². The molecule has 9 heteroatoms. The van der Waals surface area contributed by atoms with Gasteiger partial charge in [-0.1, -0.05) is 6.07 Å². The maximum Gasteiger partial charge on any atom is 0.460 e. The van der Waals surface area contributed by atoms with Crippen LogP contribution in [0.15, 0.2) is 30.6 Å². The minimum atomic E-state index is -2.55. The first-order valence-corrected chi connectivity index (χ1v) is 10.2. The summed E-state index contributed by atoms with van der Waals surface area (Å²) in [7, 11) is 0. The third-order valence-electron chi connectivity index (χ3n) is 5.70. The molecule has 148 valence electrons. The second-order valence-corrected chi connectivity index (χ2v) is 8.00. The summed E-state index contributed by atoms with van der Waals surface area (Å²) in [5.41, 5.74) is 1.66. The largest absolute Gasteiger partial charge is 0.460 e. The highest BCUT2D eigenvalue weighted by Crippen LogP contribution is 2.46. The van der Waals surface area contributed by atoms with Crippen molar-refractivity contribution < 1.29 is 17.8 Å². The van der Waals surface area contributed by atoms with Gasteiger partial charge >= 0.3 is 11.7 Å². The van der Waals surface area contributed by atoms with E-state index in [1.807, 2.05) is 6.20 Å². The molecule has 1 aromatic heterocycles. The molecule has 2 aromatic rings. The minimum Gasteiger partial charge on any atom is -0.325 e. The Morgan fingerprint density at radius 1 is 1.29 bits per heavy atom. The number of halogens is 2. The number of aromatic nitrogens is 2. The standard InChI is InChI=1S/C19H20F2N4O2S/c20-17(21)14-1-2-16-15(9-14)19(18(26)23-16)3-5-24(6-4-19)11-13-10-22-25(12-13)7-8-28-27/h1-2,9-10,12,17H,3-8,11H2/p+1. The van der Waals surface area contributed by atoms with Gasteiger partial charge in [0.05, 0.1) is 18.2 Å². The SMILES string of the molecule is O=[S+]CCn1cc(CN2CCC3(CC2)C(=O)Nc2ccc(C(F)F)cc23)cn1. The first-order valence-electron chi connectivity index (χ1n) is 9.24. The first kappa shape index (κ1) is 19.1. The van der Waals surface area contributed by atoms with Gasteiger partial charge < -0.3 is 5.32 Å². The number of benzene rings is 1. The fraction of sp³-hybridized carbons (Fsp3) is 0.474. The van der Waals surface area contributed by atoms with Crippen LogP contribution >= 0.6 is 0 Å². The van der Waals surface area contributed by atoms with Gasteiger partial charge in [-0.3, -0.25) is 14.4 Å². The molecule has 1 saturated heterocycles. The quantitative estimate of drug-likeness (QED) is 0.748. The van der Waals surface area contributed by atoms with Crippen LogP contribution in [0.25, 0.3) is 0 Å². The molecule has 6 nitrogen and oxygen atoms in total. The van der Waals surface area contributed by atoms with Crippen LogP contribution in [0.3, 0.4) is 0 Å². The number of nitrogens with zero attached hydrogens (tertiary/aromatic N) is 3. The predicted octanol–water partition coefficient (Wildman–Crippen LogP) is 2.73. The van der Waals surface area contributed by atoms with Crippen molar-refractivity contribution in [2.45, 2.75) is 37.8 Å². The fourth-order valence-corrected chi connectivity index (χ4v) is 4.42. The Hall–Kier alpha value is -2.26. The molecule has 1 spiro atoms. The second kappa shape index (κ2) is 7.63. The number of aryl methyl sites for hydroxylation is 1. The van der Waals surface area contributed by atoms with Gasteiger partial charge in [-0.05, 0) is 43.6 Å². The molecular formula is C19H21F2N4O2S+. The highest BCUT2D eigenvalue weighted by Gasteiger charge is 2.48. The van der Waals surface area contributed by atoms with E-state index >= 15 is 0 Å². The number of hydrogen-bond donors (Lipinski definition) is 1. The normalized spacial score (nSPS) is 18.5. The van der Waals surface area contributed by atoms with Crippen LogP contribution in [0.5, 0.6) is 0 Å². The van der Waals surface area contributed by atoms with Crippen molar-refractivity contribution >= 4 is 23.3 Å². The average molecular weight is 407 g/mol. The predicted molar refractivity (Wildman–Crippen MR) is 101 cm³/mol. The van der Waals surface area contributed by atoms with Crippen molar-refractivity contribution in [2.24, 2.45) is 0 Å². The third kappa shape index (κ3) is 3.44. The second-order valence-electron chi connectivity index (χ2n) is 7.35. The number of carbonyl (C=O) groups excluding carboxylic acids is 1. The summed E-state index contributed by atoms with van der Waals surface area (Å²) in [6.45, 7) is 2.70. The van der Waals surface area contributed by atoms with E-state index in [9.17, 15) is 17.8 Å². The van der Waals surface area contributed by atoms with Crippen molar-refractivity contribution in [2.75, 3.05) is 24.2 Å². The van der Waals surface area contributed by atoms with Gasteiger partial charge in [0.25, 0.3) is 6.43 Å². The molecule has 3 heterocycles. The molecule has 0 radical (unpaired) electrons. The molecule has 1 N–H and O–H groups in total. The lowest BCUT2D eigenvalue weighted by Gasteiger charge is -2.38. The van der Waals surface area contributed by atoms with Crippen molar-refractivity contribution in [1.29, 1.82) is 0 Å². The Labute approximate surface area is 165 Å². The summed E-state index contributed by atoms with van der Waals surface area (Å²) in [5.74, 6) is 0.388. The number of nitrogens with one attached hydrogen (secondary N) is 1. The topological polar surface area (TPSA) is 67.2 Å².